The summed E-state index contributed by atoms with van der Waals surface area (Å²) in [4.78, 5) is 11.1. The zero-order valence-corrected chi connectivity index (χ0v) is 13.3. The molecule has 0 aliphatic carbocycles. The first-order chi connectivity index (χ1) is 9.28. The molecule has 7 heteroatoms. The van der Waals surface area contributed by atoms with Crippen LogP contribution < -0.4 is 5.32 Å². The molecule has 0 spiro atoms. The van der Waals surface area contributed by atoms with Crippen LogP contribution in [0, 0.1) is 0 Å². The van der Waals surface area contributed by atoms with Crippen LogP contribution in [0.5, 0.6) is 0 Å². The number of hydrogen-bond acceptors (Lipinski definition) is 3. The minimum atomic E-state index is -3.86. The monoisotopic (exact) mass is 307 g/mol. The standard InChI is InChI=1S/C13H26N2O4S/c1-4-13(16)14-9-11-15(5-2,6-3)10-7-8-12-20(17,18)19/h4H,1,5-12H2,2-3H3,(H-,14,16,17,18,19)/p+1. The highest BCUT2D eigenvalue weighted by Gasteiger charge is 2.22. The van der Waals surface area contributed by atoms with Crippen molar-refractivity contribution in [3.63, 3.8) is 0 Å². The fraction of sp³-hybridized carbons (Fsp3) is 0.769. The van der Waals surface area contributed by atoms with Gasteiger partial charge in [0.15, 0.2) is 0 Å². The van der Waals surface area contributed by atoms with Crippen LogP contribution in [0.1, 0.15) is 26.7 Å². The van der Waals surface area contributed by atoms with Crippen LogP contribution in [0.25, 0.3) is 0 Å². The van der Waals surface area contributed by atoms with Crippen LogP contribution >= 0.6 is 0 Å². The van der Waals surface area contributed by atoms with Gasteiger partial charge >= 0.3 is 0 Å². The summed E-state index contributed by atoms with van der Waals surface area (Å²) < 4.78 is 30.9. The maximum Gasteiger partial charge on any atom is 0.264 e. The van der Waals surface area contributed by atoms with E-state index in [0.717, 1.165) is 37.1 Å². The summed E-state index contributed by atoms with van der Waals surface area (Å²) in [5.41, 5.74) is 0. The second kappa shape index (κ2) is 9.10. The van der Waals surface area contributed by atoms with E-state index in [1.54, 1.807) is 0 Å². The maximum absolute atomic E-state index is 11.1. The van der Waals surface area contributed by atoms with E-state index in [4.69, 9.17) is 4.55 Å². The van der Waals surface area contributed by atoms with Gasteiger partial charge in [0.2, 0.25) is 5.91 Å². The van der Waals surface area contributed by atoms with E-state index < -0.39 is 10.1 Å². The van der Waals surface area contributed by atoms with Crippen molar-refractivity contribution in [2.75, 3.05) is 38.5 Å². The minimum Gasteiger partial charge on any atom is -0.347 e. The lowest BCUT2D eigenvalue weighted by molar-refractivity contribution is -0.924. The van der Waals surface area contributed by atoms with Crippen LogP contribution in [0.3, 0.4) is 0 Å². The summed E-state index contributed by atoms with van der Waals surface area (Å²) in [5.74, 6) is -0.366. The van der Waals surface area contributed by atoms with Crippen LogP contribution in [0.15, 0.2) is 12.7 Å². The Balaban J connectivity index is 4.23. The van der Waals surface area contributed by atoms with Crippen molar-refractivity contribution >= 4 is 16.0 Å². The molecule has 0 atom stereocenters. The van der Waals surface area contributed by atoms with Crippen LogP contribution in [0.4, 0.5) is 0 Å². The summed E-state index contributed by atoms with van der Waals surface area (Å²) in [7, 11) is -3.86. The predicted octanol–water partition coefficient (Wildman–Crippen LogP) is 0.813. The highest BCUT2D eigenvalue weighted by molar-refractivity contribution is 7.85. The molecule has 0 aliphatic heterocycles. The zero-order valence-electron chi connectivity index (χ0n) is 12.5. The molecular weight excluding hydrogens is 280 g/mol. The average molecular weight is 307 g/mol. The van der Waals surface area contributed by atoms with Gasteiger partial charge in [-0.1, -0.05) is 6.58 Å². The normalized spacial score (nSPS) is 12.2. The molecule has 0 heterocycles. The van der Waals surface area contributed by atoms with Crippen molar-refractivity contribution in [2.24, 2.45) is 0 Å². The molecule has 0 aliphatic rings. The largest absolute Gasteiger partial charge is 0.347 e. The van der Waals surface area contributed by atoms with Crippen LogP contribution in [-0.2, 0) is 14.9 Å². The highest BCUT2D eigenvalue weighted by Crippen LogP contribution is 2.09. The Bertz CT molecular complexity index is 403. The Kier molecular flexibility index (Phi) is 8.68. The van der Waals surface area contributed by atoms with Gasteiger partial charge in [-0.3, -0.25) is 9.35 Å². The number of nitrogens with zero attached hydrogens (tertiary/aromatic N) is 1. The van der Waals surface area contributed by atoms with Gasteiger partial charge in [-0.05, 0) is 32.8 Å². The smallest absolute Gasteiger partial charge is 0.264 e. The van der Waals surface area contributed by atoms with Gasteiger partial charge < -0.3 is 9.80 Å². The first-order valence-corrected chi connectivity index (χ1v) is 8.60. The number of nitrogens with one attached hydrogen (secondary N) is 1. The molecule has 20 heavy (non-hydrogen) atoms. The molecule has 118 valence electrons. The third kappa shape index (κ3) is 8.29. The van der Waals surface area contributed by atoms with E-state index in [1.807, 2.05) is 0 Å². The maximum atomic E-state index is 11.1. The van der Waals surface area contributed by atoms with Gasteiger partial charge in [0, 0.05) is 0 Å². The molecule has 0 aromatic rings. The van der Waals surface area contributed by atoms with Crippen molar-refractivity contribution in [3.05, 3.63) is 12.7 Å². The Morgan fingerprint density at radius 2 is 1.85 bits per heavy atom. The van der Waals surface area contributed by atoms with Crippen LogP contribution in [0.2, 0.25) is 0 Å². The SMILES string of the molecule is C=CC(=O)NCC[N+](CC)(CC)CCCCS(=O)(=O)O. The molecule has 6 nitrogen and oxygen atoms in total. The Hall–Kier alpha value is -0.920. The molecule has 2 N–H and O–H groups in total. The summed E-state index contributed by atoms with van der Waals surface area (Å²) in [6, 6.07) is 0. The van der Waals surface area contributed by atoms with Gasteiger partial charge in [0.1, 0.15) is 0 Å². The summed E-state index contributed by atoms with van der Waals surface area (Å²) in [6.45, 7) is 11.6. The van der Waals surface area contributed by atoms with Crippen molar-refractivity contribution in [1.29, 1.82) is 0 Å². The molecule has 0 saturated carbocycles. The fourth-order valence-electron chi connectivity index (χ4n) is 2.19. The fourth-order valence-corrected chi connectivity index (χ4v) is 2.76. The molecule has 0 aromatic carbocycles. The first kappa shape index (κ1) is 19.1. The lowest BCUT2D eigenvalue weighted by Gasteiger charge is -2.37. The molecule has 1 amide bonds. The number of carbonyl (C=O) groups excluding carboxylic acids is 1. The summed E-state index contributed by atoms with van der Waals surface area (Å²) in [5, 5.41) is 2.76. The van der Waals surface area contributed by atoms with E-state index in [9.17, 15) is 13.2 Å². The van der Waals surface area contributed by atoms with Gasteiger partial charge in [0.05, 0.1) is 38.5 Å². The molecule has 0 unspecified atom stereocenters. The number of rotatable bonds is 11. The van der Waals surface area contributed by atoms with E-state index in [2.05, 4.69) is 25.7 Å². The third-order valence-electron chi connectivity index (χ3n) is 3.70. The number of carbonyl (C=O) groups is 1. The first-order valence-electron chi connectivity index (χ1n) is 6.99. The van der Waals surface area contributed by atoms with Crippen LogP contribution in [-0.4, -0.2) is 61.8 Å². The van der Waals surface area contributed by atoms with Crippen molar-refractivity contribution < 1.29 is 22.2 Å². The van der Waals surface area contributed by atoms with Crippen molar-refractivity contribution in [2.45, 2.75) is 26.7 Å². The summed E-state index contributed by atoms with van der Waals surface area (Å²) >= 11 is 0. The molecule has 0 saturated heterocycles. The highest BCUT2D eigenvalue weighted by atomic mass is 32.2. The Labute approximate surface area is 122 Å². The second-order valence-electron chi connectivity index (χ2n) is 4.91. The van der Waals surface area contributed by atoms with Gasteiger partial charge in [-0.25, -0.2) is 0 Å². The topological polar surface area (TPSA) is 83.5 Å². The number of quaternary nitrogens is 1. The van der Waals surface area contributed by atoms with Gasteiger partial charge in [-0.2, -0.15) is 8.42 Å². The lowest BCUT2D eigenvalue weighted by atomic mass is 10.2. The Morgan fingerprint density at radius 3 is 2.30 bits per heavy atom. The molecule has 0 aromatic heterocycles. The minimum absolute atomic E-state index is 0.179. The van der Waals surface area contributed by atoms with E-state index in [0.29, 0.717) is 13.0 Å². The van der Waals surface area contributed by atoms with Gasteiger partial charge in [0.25, 0.3) is 10.1 Å². The molecular formula is C13H27N2O4S+. The summed E-state index contributed by atoms with van der Waals surface area (Å²) in [6.07, 6.45) is 2.44. The van der Waals surface area contributed by atoms with Crippen molar-refractivity contribution in [3.8, 4) is 0 Å². The second-order valence-corrected chi connectivity index (χ2v) is 6.48. The quantitative estimate of drug-likeness (QED) is 0.256. The molecule has 0 fully saturated rings. The molecule has 0 radical (unpaired) electrons. The lowest BCUT2D eigenvalue weighted by Crippen LogP contribution is -2.52. The predicted molar refractivity (Wildman–Crippen MR) is 79.9 cm³/mol. The number of amides is 1. The molecule has 0 rings (SSSR count). The number of unbranched alkanes of at least 4 members (excludes halogenated alkanes) is 1. The number of hydrogen-bond donors (Lipinski definition) is 2. The van der Waals surface area contributed by atoms with E-state index in [1.165, 1.54) is 6.08 Å². The van der Waals surface area contributed by atoms with E-state index >= 15 is 0 Å². The number of likely N-dealkylation sites (N-methyl/N-ethyl adjacent to an activating group) is 1. The average Bonchev–Trinajstić information content (AvgIpc) is 2.40. The van der Waals surface area contributed by atoms with Gasteiger partial charge in [-0.15, -0.1) is 0 Å². The third-order valence-corrected chi connectivity index (χ3v) is 4.50. The van der Waals surface area contributed by atoms with Crippen molar-refractivity contribution in [1.82, 2.24) is 5.32 Å². The Morgan fingerprint density at radius 1 is 1.25 bits per heavy atom. The molecule has 0 bridgehead atoms. The zero-order chi connectivity index (χ0) is 15.6. The van der Waals surface area contributed by atoms with E-state index in [-0.39, 0.29) is 11.7 Å².